The van der Waals surface area contributed by atoms with E-state index in [2.05, 4.69) is 40.0 Å². The average molecular weight is 287 g/mol. The summed E-state index contributed by atoms with van der Waals surface area (Å²) < 4.78 is 1.95. The number of hydrogen-bond donors (Lipinski definition) is 1. The van der Waals surface area contributed by atoms with Gasteiger partial charge in [-0.25, -0.2) is 4.79 Å². The van der Waals surface area contributed by atoms with Crippen LogP contribution in [0.5, 0.6) is 0 Å². The second-order valence-corrected chi connectivity index (χ2v) is 6.84. The fourth-order valence-electron chi connectivity index (χ4n) is 2.79. The molecule has 1 N–H and O–H groups in total. The first-order chi connectivity index (χ1) is 9.75. The molecule has 0 spiro atoms. The quantitative estimate of drug-likeness (QED) is 0.898. The number of benzene rings is 1. The number of carboxylic acid groups (broad SMARTS) is 1. The van der Waals surface area contributed by atoms with E-state index in [1.54, 1.807) is 0 Å². The van der Waals surface area contributed by atoms with Crippen molar-refractivity contribution < 1.29 is 9.90 Å². The van der Waals surface area contributed by atoms with Gasteiger partial charge in [-0.2, -0.15) is 0 Å². The maximum atomic E-state index is 11.7. The second-order valence-electron chi connectivity index (χ2n) is 6.84. The van der Waals surface area contributed by atoms with Gasteiger partial charge in [0.1, 0.15) is 0 Å². The van der Waals surface area contributed by atoms with Crippen molar-refractivity contribution >= 4 is 16.9 Å². The zero-order valence-electron chi connectivity index (χ0n) is 13.7. The molecule has 0 radical (unpaired) electrons. The van der Waals surface area contributed by atoms with Crippen LogP contribution in [0.25, 0.3) is 10.9 Å². The van der Waals surface area contributed by atoms with Crippen LogP contribution in [-0.4, -0.2) is 15.6 Å². The molecule has 0 fully saturated rings. The number of rotatable bonds is 4. The molecule has 2 rings (SSSR count). The first-order valence-corrected chi connectivity index (χ1v) is 7.61. The van der Waals surface area contributed by atoms with Crippen LogP contribution in [0, 0.1) is 0 Å². The molecule has 2 aromatic rings. The molecule has 1 aromatic carbocycles. The minimum absolute atomic E-state index is 0.0593. The zero-order valence-corrected chi connectivity index (χ0v) is 13.7. The highest BCUT2D eigenvalue weighted by Crippen LogP contribution is 2.32. The highest BCUT2D eigenvalue weighted by atomic mass is 16.4. The van der Waals surface area contributed by atoms with E-state index < -0.39 is 5.97 Å². The Hall–Kier alpha value is -1.77. The molecule has 3 heteroatoms. The van der Waals surface area contributed by atoms with Crippen LogP contribution in [0.2, 0.25) is 0 Å². The predicted octanol–water partition coefficient (Wildman–Crippen LogP) is 4.52. The molecule has 0 aliphatic heterocycles. The normalized spacial score (nSPS) is 12.0. The summed E-state index contributed by atoms with van der Waals surface area (Å²) in [6.07, 6.45) is 5.35. The van der Waals surface area contributed by atoms with Crippen LogP contribution in [0.4, 0.5) is 0 Å². The van der Waals surface area contributed by atoms with E-state index in [1.165, 1.54) is 5.56 Å². The number of aromatic carboxylic acids is 1. The number of fused-ring (bicyclic) bond motifs is 1. The molecule has 1 heterocycles. The number of aromatic nitrogens is 1. The topological polar surface area (TPSA) is 42.2 Å². The average Bonchev–Trinajstić information content (AvgIpc) is 2.71. The highest BCUT2D eigenvalue weighted by molar-refractivity contribution is 6.04. The third-order valence-corrected chi connectivity index (χ3v) is 4.05. The Kier molecular flexibility index (Phi) is 4.13. The molecule has 114 valence electrons. The Bertz CT molecular complexity index is 675. The summed E-state index contributed by atoms with van der Waals surface area (Å²) in [6, 6.07) is 4.00. The van der Waals surface area contributed by atoms with Gasteiger partial charge in [0.05, 0.1) is 11.1 Å². The fourth-order valence-corrected chi connectivity index (χ4v) is 2.79. The molecule has 1 aromatic heterocycles. The Morgan fingerprint density at radius 3 is 2.48 bits per heavy atom. The summed E-state index contributed by atoms with van der Waals surface area (Å²) in [4.78, 5) is 11.7. The summed E-state index contributed by atoms with van der Waals surface area (Å²) in [5.41, 5.74) is 3.51. The van der Waals surface area contributed by atoms with Gasteiger partial charge in [0, 0.05) is 18.6 Å². The fraction of sp³-hybridized carbons (Fsp3) is 0.500. The Balaban J connectivity index is 2.75. The Morgan fingerprint density at radius 2 is 1.95 bits per heavy atom. The first kappa shape index (κ1) is 15.6. The smallest absolute Gasteiger partial charge is 0.337 e. The lowest BCUT2D eigenvalue weighted by Gasteiger charge is -2.20. The zero-order chi connectivity index (χ0) is 15.8. The summed E-state index contributed by atoms with van der Waals surface area (Å²) >= 11 is 0. The molecule has 0 atom stereocenters. The van der Waals surface area contributed by atoms with Crippen LogP contribution < -0.4 is 0 Å². The molecular formula is C18H25NO2. The molecule has 0 saturated carbocycles. The molecule has 0 unspecified atom stereocenters. The second kappa shape index (κ2) is 5.55. The SMILES string of the molecule is CCCCc1cn(C)c2c(C(=O)O)cc(C(C)(C)C)cc12. The van der Waals surface area contributed by atoms with Gasteiger partial charge < -0.3 is 9.67 Å². The van der Waals surface area contributed by atoms with E-state index in [9.17, 15) is 9.90 Å². The number of carbonyl (C=O) groups is 1. The van der Waals surface area contributed by atoms with Crippen LogP contribution in [-0.2, 0) is 18.9 Å². The van der Waals surface area contributed by atoms with E-state index in [1.807, 2.05) is 17.7 Å². The predicted molar refractivity (Wildman–Crippen MR) is 87.2 cm³/mol. The lowest BCUT2D eigenvalue weighted by atomic mass is 9.84. The Morgan fingerprint density at radius 1 is 1.29 bits per heavy atom. The first-order valence-electron chi connectivity index (χ1n) is 7.61. The summed E-state index contributed by atoms with van der Waals surface area (Å²) in [6.45, 7) is 8.53. The standard InChI is InChI=1S/C18H25NO2/c1-6-7-8-12-11-19(5)16-14(12)9-13(18(2,3)4)10-15(16)17(20)21/h9-11H,6-8H2,1-5H3,(H,20,21). The lowest BCUT2D eigenvalue weighted by Crippen LogP contribution is -2.13. The van der Waals surface area contributed by atoms with E-state index in [0.717, 1.165) is 35.7 Å². The Labute approximate surface area is 126 Å². The maximum Gasteiger partial charge on any atom is 0.337 e. The van der Waals surface area contributed by atoms with Crippen LogP contribution in [0.3, 0.4) is 0 Å². The molecule has 3 nitrogen and oxygen atoms in total. The maximum absolute atomic E-state index is 11.7. The highest BCUT2D eigenvalue weighted by Gasteiger charge is 2.21. The van der Waals surface area contributed by atoms with E-state index in [0.29, 0.717) is 5.56 Å². The van der Waals surface area contributed by atoms with Crippen molar-refractivity contribution in [3.05, 3.63) is 35.0 Å². The van der Waals surface area contributed by atoms with Crippen molar-refractivity contribution in [3.8, 4) is 0 Å². The lowest BCUT2D eigenvalue weighted by molar-refractivity contribution is 0.0698. The molecule has 0 saturated heterocycles. The van der Waals surface area contributed by atoms with Crippen molar-refractivity contribution in [2.45, 2.75) is 52.4 Å². The minimum atomic E-state index is -0.852. The molecule has 0 aliphatic rings. The van der Waals surface area contributed by atoms with Gasteiger partial charge in [-0.05, 0) is 41.5 Å². The monoisotopic (exact) mass is 287 g/mol. The number of aryl methyl sites for hydroxylation is 2. The number of unbranched alkanes of at least 4 members (excludes halogenated alkanes) is 1. The molecule has 21 heavy (non-hydrogen) atoms. The third-order valence-electron chi connectivity index (χ3n) is 4.05. The van der Waals surface area contributed by atoms with Crippen LogP contribution in [0.15, 0.2) is 18.3 Å². The van der Waals surface area contributed by atoms with E-state index in [4.69, 9.17) is 0 Å². The minimum Gasteiger partial charge on any atom is -0.478 e. The van der Waals surface area contributed by atoms with Gasteiger partial charge in [0.15, 0.2) is 0 Å². The van der Waals surface area contributed by atoms with Gasteiger partial charge in [-0.1, -0.05) is 34.1 Å². The van der Waals surface area contributed by atoms with Crippen molar-refractivity contribution in [2.75, 3.05) is 0 Å². The third kappa shape index (κ3) is 2.97. The van der Waals surface area contributed by atoms with Gasteiger partial charge in [-0.3, -0.25) is 0 Å². The van der Waals surface area contributed by atoms with Crippen molar-refractivity contribution in [3.63, 3.8) is 0 Å². The molecule has 0 aliphatic carbocycles. The van der Waals surface area contributed by atoms with Gasteiger partial charge in [0.2, 0.25) is 0 Å². The number of hydrogen-bond acceptors (Lipinski definition) is 1. The van der Waals surface area contributed by atoms with Crippen LogP contribution in [0.1, 0.15) is 62.0 Å². The van der Waals surface area contributed by atoms with Crippen molar-refractivity contribution in [2.24, 2.45) is 7.05 Å². The van der Waals surface area contributed by atoms with Crippen LogP contribution >= 0.6 is 0 Å². The molecular weight excluding hydrogens is 262 g/mol. The van der Waals surface area contributed by atoms with E-state index >= 15 is 0 Å². The largest absolute Gasteiger partial charge is 0.478 e. The van der Waals surface area contributed by atoms with Crippen molar-refractivity contribution in [1.82, 2.24) is 4.57 Å². The summed E-state index contributed by atoms with van der Waals surface area (Å²) in [5.74, 6) is -0.852. The number of carboxylic acids is 1. The molecule has 0 amide bonds. The van der Waals surface area contributed by atoms with Crippen molar-refractivity contribution in [1.29, 1.82) is 0 Å². The molecule has 0 bridgehead atoms. The summed E-state index contributed by atoms with van der Waals surface area (Å²) in [5, 5.41) is 10.7. The van der Waals surface area contributed by atoms with Gasteiger partial charge in [-0.15, -0.1) is 0 Å². The van der Waals surface area contributed by atoms with Gasteiger partial charge >= 0.3 is 5.97 Å². The number of nitrogens with zero attached hydrogens (tertiary/aromatic N) is 1. The summed E-state index contributed by atoms with van der Waals surface area (Å²) in [7, 11) is 1.93. The van der Waals surface area contributed by atoms with E-state index in [-0.39, 0.29) is 5.41 Å². The van der Waals surface area contributed by atoms with Gasteiger partial charge in [0.25, 0.3) is 0 Å².